The summed E-state index contributed by atoms with van der Waals surface area (Å²) >= 11 is 0.705. The number of hydrogen-bond donors (Lipinski definition) is 0. The highest BCUT2D eigenvalue weighted by atomic mass is 32.2. The van der Waals surface area contributed by atoms with Crippen LogP contribution in [0.4, 0.5) is 0 Å². The van der Waals surface area contributed by atoms with E-state index < -0.39 is 21.2 Å². The summed E-state index contributed by atoms with van der Waals surface area (Å²) in [6.45, 7) is 3.63. The van der Waals surface area contributed by atoms with Crippen molar-refractivity contribution < 1.29 is 26.9 Å². The quantitative estimate of drug-likeness (QED) is 0.455. The van der Waals surface area contributed by atoms with Crippen molar-refractivity contribution in [3.8, 4) is 0 Å². The monoisotopic (exact) mass is 354 g/mol. The van der Waals surface area contributed by atoms with Crippen molar-refractivity contribution in [2.24, 2.45) is 0 Å². The summed E-state index contributed by atoms with van der Waals surface area (Å²) in [5.74, 6) is -0.861. The zero-order chi connectivity index (χ0) is 17.0. The normalized spacial score (nSPS) is 16.3. The average molecular weight is 354 g/mol. The number of thioether (sulfide) groups is 1. The van der Waals surface area contributed by atoms with Gasteiger partial charge in [-0.3, -0.25) is 4.79 Å². The second-order valence-electron chi connectivity index (χ2n) is 4.54. The third-order valence-corrected chi connectivity index (χ3v) is 4.85. The smallest absolute Gasteiger partial charge is 0.339 e. The molecule has 1 heterocycles. The Kier molecular flexibility index (Phi) is 5.27. The summed E-state index contributed by atoms with van der Waals surface area (Å²) in [5.41, 5.74) is 0.901. The van der Waals surface area contributed by atoms with Crippen LogP contribution in [0.5, 0.6) is 0 Å². The van der Waals surface area contributed by atoms with Gasteiger partial charge in [0.1, 0.15) is 4.90 Å². The highest BCUT2D eigenvalue weighted by Gasteiger charge is 2.27. The van der Waals surface area contributed by atoms with E-state index in [0.29, 0.717) is 11.8 Å². The van der Waals surface area contributed by atoms with E-state index in [2.05, 4.69) is 0 Å². The first-order valence-electron chi connectivity index (χ1n) is 6.65. The van der Waals surface area contributed by atoms with Crippen LogP contribution in [-0.4, -0.2) is 26.1 Å². The lowest BCUT2D eigenvalue weighted by Crippen LogP contribution is -2.07. The van der Waals surface area contributed by atoms with Gasteiger partial charge in [-0.2, -0.15) is 8.42 Å². The van der Waals surface area contributed by atoms with Gasteiger partial charge in [-0.1, -0.05) is 17.7 Å². The zero-order valence-corrected chi connectivity index (χ0v) is 14.1. The molecule has 0 N–H and O–H groups in total. The largest absolute Gasteiger partial charge is 0.463 e. The molecule has 0 aliphatic carbocycles. The van der Waals surface area contributed by atoms with Gasteiger partial charge in [-0.05, 0) is 37.7 Å². The van der Waals surface area contributed by atoms with E-state index in [0.717, 1.165) is 17.7 Å². The summed E-state index contributed by atoms with van der Waals surface area (Å²) in [6.07, 6.45) is 2.07. The molecule has 1 aliphatic heterocycles. The molecule has 6 nitrogen and oxygen atoms in total. The Morgan fingerprint density at radius 2 is 1.91 bits per heavy atom. The molecule has 122 valence electrons. The molecule has 1 aromatic carbocycles. The van der Waals surface area contributed by atoms with Crippen LogP contribution in [0.1, 0.15) is 12.5 Å². The third-order valence-electron chi connectivity index (χ3n) is 2.75. The molecule has 0 radical (unpaired) electrons. The molecule has 2 rings (SSSR count). The number of hydrogen-bond acceptors (Lipinski definition) is 7. The Morgan fingerprint density at radius 3 is 2.52 bits per heavy atom. The van der Waals surface area contributed by atoms with Crippen LogP contribution in [0.15, 0.2) is 52.0 Å². The highest BCUT2D eigenvalue weighted by Crippen LogP contribution is 2.35. The Balaban J connectivity index is 2.26. The van der Waals surface area contributed by atoms with E-state index in [-0.39, 0.29) is 22.2 Å². The van der Waals surface area contributed by atoms with Crippen LogP contribution >= 0.6 is 11.8 Å². The Bertz CT molecular complexity index is 788. The molecular weight excluding hydrogens is 340 g/mol. The van der Waals surface area contributed by atoms with Gasteiger partial charge >= 0.3 is 16.1 Å². The van der Waals surface area contributed by atoms with Crippen LogP contribution in [0.25, 0.3) is 0 Å². The van der Waals surface area contributed by atoms with Crippen molar-refractivity contribution in [1.82, 2.24) is 0 Å². The van der Waals surface area contributed by atoms with E-state index in [1.54, 1.807) is 19.1 Å². The Morgan fingerprint density at radius 1 is 1.26 bits per heavy atom. The van der Waals surface area contributed by atoms with Crippen LogP contribution in [-0.2, 0) is 28.6 Å². The van der Waals surface area contributed by atoms with Gasteiger partial charge in [0.15, 0.2) is 5.76 Å². The molecule has 0 atom stereocenters. The van der Waals surface area contributed by atoms with Crippen LogP contribution in [0.3, 0.4) is 0 Å². The lowest BCUT2D eigenvalue weighted by atomic mass is 10.2. The highest BCUT2D eigenvalue weighted by molar-refractivity contribution is 8.18. The third kappa shape index (κ3) is 4.46. The molecular formula is C15H14O6S2. The number of benzene rings is 1. The van der Waals surface area contributed by atoms with Crippen molar-refractivity contribution >= 4 is 33.0 Å². The molecule has 0 fully saturated rings. The predicted molar refractivity (Wildman–Crippen MR) is 84.8 cm³/mol. The lowest BCUT2D eigenvalue weighted by Gasteiger charge is -2.08. The number of aryl methyl sites for hydroxylation is 1. The summed E-state index contributed by atoms with van der Waals surface area (Å²) in [6, 6.07) is 6.08. The van der Waals surface area contributed by atoms with Gasteiger partial charge in [0.2, 0.25) is 5.12 Å². The molecule has 1 aromatic rings. The van der Waals surface area contributed by atoms with Crippen LogP contribution < -0.4 is 0 Å². The summed E-state index contributed by atoms with van der Waals surface area (Å²) in [7, 11) is -4.09. The lowest BCUT2D eigenvalue weighted by molar-refractivity contribution is -0.137. The first kappa shape index (κ1) is 17.3. The van der Waals surface area contributed by atoms with E-state index in [4.69, 9.17) is 8.92 Å². The van der Waals surface area contributed by atoms with Crippen LogP contribution in [0.2, 0.25) is 0 Å². The van der Waals surface area contributed by atoms with Gasteiger partial charge in [0, 0.05) is 12.2 Å². The zero-order valence-electron chi connectivity index (χ0n) is 12.4. The van der Waals surface area contributed by atoms with Gasteiger partial charge in [0.05, 0.1) is 11.5 Å². The number of carbonyl (C=O) groups is 2. The number of carbonyl (C=O) groups excluding carboxylic acids is 2. The van der Waals surface area contributed by atoms with Crippen molar-refractivity contribution in [2.75, 3.05) is 6.61 Å². The topological polar surface area (TPSA) is 86.7 Å². The van der Waals surface area contributed by atoms with Gasteiger partial charge in [0.25, 0.3) is 0 Å². The first-order chi connectivity index (χ1) is 10.8. The molecule has 23 heavy (non-hydrogen) atoms. The minimum Gasteiger partial charge on any atom is -0.463 e. The Labute approximate surface area is 138 Å². The molecule has 0 spiro atoms. The molecule has 0 aromatic heterocycles. The fourth-order valence-corrected chi connectivity index (χ4v) is 3.43. The maximum absolute atomic E-state index is 12.2. The minimum absolute atomic E-state index is 0.0381. The van der Waals surface area contributed by atoms with Crippen molar-refractivity contribution in [1.29, 1.82) is 0 Å². The first-order valence-corrected chi connectivity index (χ1v) is 8.88. The predicted octanol–water partition coefficient (Wildman–Crippen LogP) is 2.30. The molecule has 0 amide bonds. The number of esters is 1. The van der Waals surface area contributed by atoms with E-state index in [1.807, 2.05) is 6.92 Å². The molecule has 0 saturated heterocycles. The summed E-state index contributed by atoms with van der Waals surface area (Å²) in [5, 5.41) is -0.422. The van der Waals surface area contributed by atoms with Gasteiger partial charge < -0.3 is 8.92 Å². The van der Waals surface area contributed by atoms with Crippen LogP contribution in [0, 0.1) is 6.92 Å². The second kappa shape index (κ2) is 7.01. The minimum atomic E-state index is -4.09. The summed E-state index contributed by atoms with van der Waals surface area (Å²) in [4.78, 5) is 23.0. The maximum Gasteiger partial charge on any atom is 0.339 e. The van der Waals surface area contributed by atoms with Gasteiger partial charge in [-0.15, -0.1) is 0 Å². The molecule has 0 bridgehead atoms. The van der Waals surface area contributed by atoms with Crippen molar-refractivity contribution in [2.45, 2.75) is 18.7 Å². The SMILES string of the molecule is CCOC(=O)/C=C1\SC(=O)C=C1OS(=O)(=O)c1ccc(C)cc1. The number of ether oxygens (including phenoxy) is 1. The average Bonchev–Trinajstić information content (AvgIpc) is 2.78. The van der Waals surface area contributed by atoms with Crippen molar-refractivity contribution in [3.05, 3.63) is 52.6 Å². The van der Waals surface area contributed by atoms with E-state index >= 15 is 0 Å². The van der Waals surface area contributed by atoms with Gasteiger partial charge in [-0.25, -0.2) is 4.79 Å². The second-order valence-corrected chi connectivity index (χ2v) is 7.13. The fourth-order valence-electron chi connectivity index (χ4n) is 1.69. The Hall–Kier alpha value is -2.06. The molecule has 8 heteroatoms. The van der Waals surface area contributed by atoms with E-state index in [9.17, 15) is 18.0 Å². The van der Waals surface area contributed by atoms with E-state index in [1.165, 1.54) is 12.1 Å². The molecule has 0 unspecified atom stereocenters. The fraction of sp³-hybridized carbons (Fsp3) is 0.200. The number of rotatable bonds is 5. The molecule has 1 aliphatic rings. The molecule has 0 saturated carbocycles. The van der Waals surface area contributed by atoms with Crippen molar-refractivity contribution in [3.63, 3.8) is 0 Å². The summed E-state index contributed by atoms with van der Waals surface area (Å²) < 4.78 is 34.2. The maximum atomic E-state index is 12.2. The standard InChI is InChI=1S/C15H14O6S2/c1-3-20-14(16)9-13-12(8-15(17)22-13)21-23(18,19)11-6-4-10(2)5-7-11/h4-9H,3H2,1-2H3/b13-9-.